The Bertz CT molecular complexity index is 715. The highest BCUT2D eigenvalue weighted by atomic mass is 35.5. The third-order valence-electron chi connectivity index (χ3n) is 2.62. The van der Waals surface area contributed by atoms with Crippen LogP contribution < -0.4 is 4.72 Å². The van der Waals surface area contributed by atoms with Crippen LogP contribution in [0.25, 0.3) is 0 Å². The molecule has 2 aromatic rings. The second-order valence-electron chi connectivity index (χ2n) is 4.34. The summed E-state index contributed by atoms with van der Waals surface area (Å²) >= 11 is 5.62. The molecule has 1 heterocycles. The van der Waals surface area contributed by atoms with E-state index in [2.05, 4.69) is 9.82 Å². The zero-order valence-corrected chi connectivity index (χ0v) is 12.2. The fraction of sp³-hybridized carbons (Fsp3) is 0.250. The van der Waals surface area contributed by atoms with Gasteiger partial charge in [-0.3, -0.25) is 4.68 Å². The summed E-state index contributed by atoms with van der Waals surface area (Å²) in [5.41, 5.74) is 0.806. The fourth-order valence-corrected chi connectivity index (χ4v) is 2.94. The molecule has 1 N–H and O–H groups in total. The maximum Gasteiger partial charge on any atom is 0.216 e. The molecule has 0 saturated carbocycles. The second kappa shape index (κ2) is 5.90. The molecule has 0 amide bonds. The smallest absolute Gasteiger partial charge is 0.216 e. The van der Waals surface area contributed by atoms with Gasteiger partial charge in [-0.15, -0.1) is 0 Å². The maximum atomic E-state index is 13.6. The van der Waals surface area contributed by atoms with Crippen LogP contribution >= 0.6 is 11.6 Å². The predicted molar refractivity (Wildman–Crippen MR) is 74.1 cm³/mol. The molecule has 1 aromatic carbocycles. The van der Waals surface area contributed by atoms with Crippen molar-refractivity contribution in [1.82, 2.24) is 14.5 Å². The fourth-order valence-electron chi connectivity index (χ4n) is 1.65. The van der Waals surface area contributed by atoms with E-state index < -0.39 is 21.6 Å². The van der Waals surface area contributed by atoms with E-state index in [1.54, 1.807) is 24.1 Å². The number of rotatable bonds is 5. The first-order chi connectivity index (χ1) is 9.35. The molecule has 5 nitrogen and oxygen atoms in total. The van der Waals surface area contributed by atoms with Crippen LogP contribution in [0.4, 0.5) is 4.39 Å². The van der Waals surface area contributed by atoms with Gasteiger partial charge in [0.15, 0.2) is 0 Å². The second-order valence-corrected chi connectivity index (χ2v) is 6.58. The number of halogens is 2. The number of aryl methyl sites for hydroxylation is 1. The molecule has 20 heavy (non-hydrogen) atoms. The van der Waals surface area contributed by atoms with E-state index in [9.17, 15) is 12.8 Å². The van der Waals surface area contributed by atoms with Crippen LogP contribution in [0, 0.1) is 5.82 Å². The summed E-state index contributed by atoms with van der Waals surface area (Å²) in [7, 11) is -1.89. The molecule has 0 unspecified atom stereocenters. The van der Waals surface area contributed by atoms with Crippen molar-refractivity contribution in [3.63, 3.8) is 0 Å². The van der Waals surface area contributed by atoms with Crippen molar-refractivity contribution in [3.05, 3.63) is 52.6 Å². The number of nitrogens with zero attached hydrogens (tertiary/aromatic N) is 2. The molecule has 0 radical (unpaired) electrons. The summed E-state index contributed by atoms with van der Waals surface area (Å²) in [5.74, 6) is -1.07. The number of sulfonamides is 1. The highest BCUT2D eigenvalue weighted by Crippen LogP contribution is 2.16. The first-order valence-electron chi connectivity index (χ1n) is 5.74. The van der Waals surface area contributed by atoms with Crippen molar-refractivity contribution in [3.8, 4) is 0 Å². The summed E-state index contributed by atoms with van der Waals surface area (Å²) in [6.07, 6.45) is 3.26. The van der Waals surface area contributed by atoms with Gasteiger partial charge >= 0.3 is 0 Å². The van der Waals surface area contributed by atoms with Gasteiger partial charge < -0.3 is 0 Å². The lowest BCUT2D eigenvalue weighted by Gasteiger charge is -2.07. The van der Waals surface area contributed by atoms with Gasteiger partial charge in [-0.05, 0) is 12.1 Å². The van der Waals surface area contributed by atoms with Crippen molar-refractivity contribution >= 4 is 21.6 Å². The van der Waals surface area contributed by atoms with E-state index in [0.29, 0.717) is 0 Å². The van der Waals surface area contributed by atoms with E-state index >= 15 is 0 Å². The molecule has 0 saturated heterocycles. The van der Waals surface area contributed by atoms with Gasteiger partial charge in [0.2, 0.25) is 10.0 Å². The molecule has 0 atom stereocenters. The Kier molecular flexibility index (Phi) is 4.42. The Balaban J connectivity index is 2.03. The quantitative estimate of drug-likeness (QED) is 0.915. The molecule has 108 valence electrons. The van der Waals surface area contributed by atoms with Gasteiger partial charge in [0.25, 0.3) is 0 Å². The average molecular weight is 318 g/mol. The Labute approximate surface area is 121 Å². The Morgan fingerprint density at radius 2 is 2.20 bits per heavy atom. The highest BCUT2D eigenvalue weighted by molar-refractivity contribution is 7.88. The van der Waals surface area contributed by atoms with Gasteiger partial charge in [-0.2, -0.15) is 5.10 Å². The van der Waals surface area contributed by atoms with Crippen LogP contribution in [0.5, 0.6) is 0 Å². The lowest BCUT2D eigenvalue weighted by atomic mass is 10.2. The van der Waals surface area contributed by atoms with E-state index in [0.717, 1.165) is 11.6 Å². The molecule has 0 aliphatic heterocycles. The summed E-state index contributed by atoms with van der Waals surface area (Å²) in [6.45, 7) is 0.116. The molecule has 2 rings (SSSR count). The Hall–Kier alpha value is -1.44. The number of benzene rings is 1. The lowest BCUT2D eigenvalue weighted by molar-refractivity contribution is 0.574. The predicted octanol–water partition coefficient (Wildman–Crippen LogP) is 1.83. The summed E-state index contributed by atoms with van der Waals surface area (Å²) in [4.78, 5) is 0. The van der Waals surface area contributed by atoms with Crippen LogP contribution in [-0.2, 0) is 29.4 Å². The normalized spacial score (nSPS) is 11.8. The molecule has 0 fully saturated rings. The minimum atomic E-state index is -3.63. The van der Waals surface area contributed by atoms with E-state index in [1.165, 1.54) is 12.1 Å². The lowest BCUT2D eigenvalue weighted by Crippen LogP contribution is -2.24. The summed E-state index contributed by atoms with van der Waals surface area (Å²) in [5, 5.41) is 4.16. The highest BCUT2D eigenvalue weighted by Gasteiger charge is 2.15. The standard InChI is InChI=1S/C12H13ClFN3O2S/c1-17-7-9(5-15-17)6-16-20(18,19)8-10-2-3-11(13)4-12(10)14/h2-5,7,16H,6,8H2,1H3. The van der Waals surface area contributed by atoms with Gasteiger partial charge in [-0.1, -0.05) is 17.7 Å². The van der Waals surface area contributed by atoms with Crippen LogP contribution in [0.1, 0.15) is 11.1 Å². The monoisotopic (exact) mass is 317 g/mol. The minimum absolute atomic E-state index is 0.0769. The summed E-state index contributed by atoms with van der Waals surface area (Å²) in [6, 6.07) is 3.91. The third-order valence-corrected chi connectivity index (χ3v) is 4.13. The van der Waals surface area contributed by atoms with Crippen molar-refractivity contribution in [2.45, 2.75) is 12.3 Å². The molecular weight excluding hydrogens is 305 g/mol. The molecule has 1 aromatic heterocycles. The van der Waals surface area contributed by atoms with E-state index in [-0.39, 0.29) is 17.1 Å². The van der Waals surface area contributed by atoms with E-state index in [4.69, 9.17) is 11.6 Å². The van der Waals surface area contributed by atoms with E-state index in [1.807, 2.05) is 0 Å². The van der Waals surface area contributed by atoms with Gasteiger partial charge in [0.1, 0.15) is 5.82 Å². The van der Waals surface area contributed by atoms with Crippen molar-refractivity contribution < 1.29 is 12.8 Å². The average Bonchev–Trinajstić information content (AvgIpc) is 2.77. The van der Waals surface area contributed by atoms with Crippen LogP contribution in [0.15, 0.2) is 30.6 Å². The number of aromatic nitrogens is 2. The topological polar surface area (TPSA) is 64.0 Å². The molecule has 0 aliphatic rings. The van der Waals surface area contributed by atoms with Gasteiger partial charge in [0, 0.05) is 35.9 Å². The van der Waals surface area contributed by atoms with Gasteiger partial charge in [-0.25, -0.2) is 17.5 Å². The van der Waals surface area contributed by atoms with Crippen molar-refractivity contribution in [2.24, 2.45) is 7.05 Å². The zero-order chi connectivity index (χ0) is 14.8. The summed E-state index contributed by atoms with van der Waals surface area (Å²) < 4.78 is 41.3. The first kappa shape index (κ1) is 15.0. The molecule has 0 bridgehead atoms. The molecule has 8 heteroatoms. The molecule has 0 spiro atoms. The minimum Gasteiger partial charge on any atom is -0.275 e. The van der Waals surface area contributed by atoms with Crippen LogP contribution in [0.2, 0.25) is 5.02 Å². The van der Waals surface area contributed by atoms with Gasteiger partial charge in [0.05, 0.1) is 11.9 Å². The van der Waals surface area contributed by atoms with Crippen molar-refractivity contribution in [1.29, 1.82) is 0 Å². The van der Waals surface area contributed by atoms with Crippen LogP contribution in [-0.4, -0.2) is 18.2 Å². The molecular formula is C12H13ClFN3O2S. The maximum absolute atomic E-state index is 13.6. The Morgan fingerprint density at radius 3 is 2.80 bits per heavy atom. The third kappa shape index (κ3) is 4.03. The Morgan fingerprint density at radius 1 is 1.45 bits per heavy atom. The zero-order valence-electron chi connectivity index (χ0n) is 10.7. The number of hydrogen-bond acceptors (Lipinski definition) is 3. The number of hydrogen-bond donors (Lipinski definition) is 1. The van der Waals surface area contributed by atoms with Crippen LogP contribution in [0.3, 0.4) is 0 Å². The SMILES string of the molecule is Cn1cc(CNS(=O)(=O)Cc2ccc(Cl)cc2F)cn1. The molecule has 0 aliphatic carbocycles. The first-order valence-corrected chi connectivity index (χ1v) is 7.77. The largest absolute Gasteiger partial charge is 0.275 e. The van der Waals surface area contributed by atoms with Crippen molar-refractivity contribution in [2.75, 3.05) is 0 Å². The number of nitrogens with one attached hydrogen (secondary N) is 1.